The van der Waals surface area contributed by atoms with Crippen LogP contribution in [0.1, 0.15) is 48.2 Å². The van der Waals surface area contributed by atoms with E-state index in [1.807, 2.05) is 0 Å². The quantitative estimate of drug-likeness (QED) is 0.169. The van der Waals surface area contributed by atoms with Gasteiger partial charge in [-0.15, -0.1) is 0 Å². The lowest BCUT2D eigenvalue weighted by atomic mass is 9.88. The van der Waals surface area contributed by atoms with Crippen molar-refractivity contribution >= 4 is 17.6 Å². The Balaban J connectivity index is 1.89. The minimum absolute atomic E-state index is 0.0326. The van der Waals surface area contributed by atoms with E-state index in [1.54, 1.807) is 37.3 Å². The maximum atomic E-state index is 16.1. The van der Waals surface area contributed by atoms with Crippen molar-refractivity contribution in [3.63, 3.8) is 0 Å². The van der Waals surface area contributed by atoms with E-state index in [0.29, 0.717) is 12.0 Å². The average Bonchev–Trinajstić information content (AvgIpc) is 3.34. The summed E-state index contributed by atoms with van der Waals surface area (Å²) >= 11 is 0. The van der Waals surface area contributed by atoms with Crippen LogP contribution in [0.5, 0.6) is 0 Å². The molecule has 3 heterocycles. The van der Waals surface area contributed by atoms with Gasteiger partial charge in [-0.3, -0.25) is 9.59 Å². The zero-order valence-corrected chi connectivity index (χ0v) is 23.1. The summed E-state index contributed by atoms with van der Waals surface area (Å²) in [5, 5.41) is 2.49. The van der Waals surface area contributed by atoms with Gasteiger partial charge in [-0.05, 0) is 29.7 Å². The molecule has 6 nitrogen and oxygen atoms in total. The lowest BCUT2D eigenvalue weighted by Crippen LogP contribution is -2.38. The first-order valence-electron chi connectivity index (χ1n) is 13.5. The van der Waals surface area contributed by atoms with Crippen molar-refractivity contribution in [1.82, 2.24) is 14.9 Å². The number of likely N-dealkylation sites (N-methyl/N-ethyl adjacent to an activating group) is 1. The molecule has 1 aliphatic rings. The largest absolute Gasteiger partial charge is 0.389 e. The molecule has 2 aromatic carbocycles. The van der Waals surface area contributed by atoms with Gasteiger partial charge in [0.1, 0.15) is 11.6 Å². The molecule has 0 aliphatic carbocycles. The van der Waals surface area contributed by atoms with Crippen LogP contribution < -0.4 is 5.32 Å². The summed E-state index contributed by atoms with van der Waals surface area (Å²) in [4.78, 5) is 33.8. The zero-order valence-electron chi connectivity index (χ0n) is 23.1. The van der Waals surface area contributed by atoms with Crippen LogP contribution in [0.2, 0.25) is 0 Å². The van der Waals surface area contributed by atoms with E-state index >= 15 is 8.78 Å². The van der Waals surface area contributed by atoms with E-state index in [0.717, 1.165) is 17.0 Å². The third-order valence-corrected chi connectivity index (χ3v) is 7.25. The highest BCUT2D eigenvalue weighted by Gasteiger charge is 2.42. The fraction of sp³-hybridized carbons (Fsp3) is 0.258. The normalized spacial score (nSPS) is 15.0. The molecule has 2 amide bonds. The number of aromatic nitrogens is 2. The van der Waals surface area contributed by atoms with E-state index in [-0.39, 0.29) is 52.4 Å². The van der Waals surface area contributed by atoms with Gasteiger partial charge in [0.25, 0.3) is 11.9 Å². The number of hydrogen-bond acceptors (Lipinski definition) is 3. The first-order valence-corrected chi connectivity index (χ1v) is 13.5. The number of fused-ring (bicyclic) bond motifs is 1. The molecular weight excluding hydrogens is 574 g/mol. The molecule has 0 saturated carbocycles. The fourth-order valence-electron chi connectivity index (χ4n) is 5.45. The van der Waals surface area contributed by atoms with E-state index < -0.39 is 53.5 Å². The van der Waals surface area contributed by atoms with Gasteiger partial charge in [0, 0.05) is 42.8 Å². The number of alkyl halides is 3. The number of amides is 2. The minimum Gasteiger partial charge on any atom is -0.357 e. The van der Waals surface area contributed by atoms with E-state index in [4.69, 9.17) is 0 Å². The molecule has 4 aromatic rings. The summed E-state index contributed by atoms with van der Waals surface area (Å²) < 4.78 is 86.3. The number of anilines is 1. The van der Waals surface area contributed by atoms with E-state index in [9.17, 15) is 27.2 Å². The average molecular weight is 601 g/mol. The van der Waals surface area contributed by atoms with Gasteiger partial charge in [-0.2, -0.15) is 22.5 Å². The standard InChI is InChI=1S/C31H26F6N4O2/c1-3-7-20(42)38-29-22(17-10-12-19(32)13-11-17)23(25(33)28(34)40-29)27-21(16-8-5-4-6-9-16)24-26(39-27)18(14-31(35,36)37)15-41(2)30(24)43/h4-6,8-13,18,39H,3,7,14-15H2,1-2H3,(H,38,40,42). The zero-order chi connectivity index (χ0) is 31.1. The Bertz CT molecular complexity index is 1680. The molecule has 2 N–H and O–H groups in total. The summed E-state index contributed by atoms with van der Waals surface area (Å²) in [7, 11) is 1.37. The second-order valence-electron chi connectivity index (χ2n) is 10.4. The Labute approximate surface area is 242 Å². The van der Waals surface area contributed by atoms with Crippen molar-refractivity contribution in [3.8, 4) is 33.5 Å². The molecule has 0 spiro atoms. The molecule has 0 radical (unpaired) electrons. The van der Waals surface area contributed by atoms with Crippen LogP contribution in [0.4, 0.5) is 32.2 Å². The number of carbonyl (C=O) groups excluding carboxylic acids is 2. The smallest absolute Gasteiger partial charge is 0.357 e. The summed E-state index contributed by atoms with van der Waals surface area (Å²) in [6.07, 6.45) is -5.40. The molecule has 1 aliphatic heterocycles. The van der Waals surface area contributed by atoms with Crippen molar-refractivity contribution < 1.29 is 35.9 Å². The number of nitrogens with one attached hydrogen (secondary N) is 2. The molecule has 12 heteroatoms. The summed E-state index contributed by atoms with van der Waals surface area (Å²) in [6, 6.07) is 12.8. The maximum absolute atomic E-state index is 16.1. The van der Waals surface area contributed by atoms with Gasteiger partial charge in [-0.25, -0.2) is 8.78 Å². The number of carbonyl (C=O) groups is 2. The van der Waals surface area contributed by atoms with Gasteiger partial charge in [-0.1, -0.05) is 49.4 Å². The third kappa shape index (κ3) is 5.86. The number of benzene rings is 2. The second kappa shape index (κ2) is 11.6. The van der Waals surface area contributed by atoms with Crippen LogP contribution in [0.25, 0.3) is 33.5 Å². The van der Waals surface area contributed by atoms with Crippen molar-refractivity contribution in [2.45, 2.75) is 38.3 Å². The first-order chi connectivity index (χ1) is 20.4. The lowest BCUT2D eigenvalue weighted by molar-refractivity contribution is -0.139. The van der Waals surface area contributed by atoms with Crippen molar-refractivity contribution in [2.24, 2.45) is 0 Å². The Hall–Kier alpha value is -4.61. The summed E-state index contributed by atoms with van der Waals surface area (Å²) in [5.74, 6) is -6.45. The Kier molecular flexibility index (Phi) is 8.04. The van der Waals surface area contributed by atoms with Crippen LogP contribution >= 0.6 is 0 Å². The summed E-state index contributed by atoms with van der Waals surface area (Å²) in [5.41, 5.74) is -0.462. The van der Waals surface area contributed by atoms with Gasteiger partial charge < -0.3 is 15.2 Å². The monoisotopic (exact) mass is 600 g/mol. The minimum atomic E-state index is -4.59. The predicted octanol–water partition coefficient (Wildman–Crippen LogP) is 7.69. The number of rotatable bonds is 7. The number of pyridine rings is 1. The number of aromatic amines is 1. The molecule has 224 valence electrons. The SMILES string of the molecule is CCCC(=O)Nc1nc(F)c(F)c(-c2[nH]c3c(c2-c2ccccc2)C(=O)N(C)CC3CC(F)(F)F)c1-c1ccc(F)cc1. The molecule has 2 aromatic heterocycles. The molecule has 1 unspecified atom stereocenters. The Morgan fingerprint density at radius 2 is 1.63 bits per heavy atom. The number of H-pyrrole nitrogens is 1. The predicted molar refractivity (Wildman–Crippen MR) is 149 cm³/mol. The van der Waals surface area contributed by atoms with Crippen LogP contribution in [0.3, 0.4) is 0 Å². The van der Waals surface area contributed by atoms with Crippen molar-refractivity contribution in [3.05, 3.63) is 83.4 Å². The van der Waals surface area contributed by atoms with Gasteiger partial charge >= 0.3 is 6.18 Å². The van der Waals surface area contributed by atoms with Gasteiger partial charge in [0.15, 0.2) is 5.82 Å². The van der Waals surface area contributed by atoms with Crippen LogP contribution in [0, 0.1) is 17.6 Å². The molecule has 0 saturated heterocycles. The Morgan fingerprint density at radius 3 is 2.26 bits per heavy atom. The highest BCUT2D eigenvalue weighted by atomic mass is 19.4. The van der Waals surface area contributed by atoms with E-state index in [1.165, 1.54) is 19.2 Å². The van der Waals surface area contributed by atoms with Crippen LogP contribution in [0.15, 0.2) is 54.6 Å². The second-order valence-corrected chi connectivity index (χ2v) is 10.4. The number of nitrogens with zero attached hydrogens (tertiary/aromatic N) is 2. The highest BCUT2D eigenvalue weighted by Crippen LogP contribution is 2.48. The van der Waals surface area contributed by atoms with E-state index in [2.05, 4.69) is 15.3 Å². The Morgan fingerprint density at radius 1 is 0.977 bits per heavy atom. The molecular formula is C31H26F6N4O2. The lowest BCUT2D eigenvalue weighted by Gasteiger charge is -2.30. The van der Waals surface area contributed by atoms with Crippen LogP contribution in [-0.4, -0.2) is 46.5 Å². The number of halogens is 6. The third-order valence-electron chi connectivity index (χ3n) is 7.25. The van der Waals surface area contributed by atoms with Gasteiger partial charge in [0.2, 0.25) is 5.91 Å². The van der Waals surface area contributed by atoms with Crippen LogP contribution in [-0.2, 0) is 4.79 Å². The molecule has 0 bridgehead atoms. The van der Waals surface area contributed by atoms with Crippen molar-refractivity contribution in [2.75, 3.05) is 18.9 Å². The highest BCUT2D eigenvalue weighted by molar-refractivity contribution is 6.09. The molecule has 43 heavy (non-hydrogen) atoms. The number of hydrogen-bond donors (Lipinski definition) is 2. The fourth-order valence-corrected chi connectivity index (χ4v) is 5.45. The first kappa shape index (κ1) is 29.9. The maximum Gasteiger partial charge on any atom is 0.389 e. The molecule has 1 atom stereocenters. The molecule has 0 fully saturated rings. The topological polar surface area (TPSA) is 78.1 Å². The molecule has 5 rings (SSSR count). The van der Waals surface area contributed by atoms with Gasteiger partial charge in [0.05, 0.1) is 23.2 Å². The van der Waals surface area contributed by atoms with Crippen molar-refractivity contribution in [1.29, 1.82) is 0 Å². The summed E-state index contributed by atoms with van der Waals surface area (Å²) in [6.45, 7) is 1.47.